The molecule has 1 aliphatic carbocycles. The lowest BCUT2D eigenvalue weighted by Crippen LogP contribution is -2.38. The summed E-state index contributed by atoms with van der Waals surface area (Å²) in [6, 6.07) is 0. The van der Waals surface area contributed by atoms with E-state index in [1.165, 1.54) is 0 Å². The Balaban J connectivity index is 2.54. The molecule has 10 heavy (non-hydrogen) atoms. The van der Waals surface area contributed by atoms with Crippen LogP contribution in [0.1, 0.15) is 32.6 Å². The smallest absolute Gasteiger partial charge is 0.0615 e. The standard InChI is InChI=1S/C8H16O2/c1-8(6-9)5-3-2-4-7(8)10/h7,9-10H,2-6H2,1H3/t7-,8+/m0/s1. The molecule has 0 aliphatic heterocycles. The maximum atomic E-state index is 9.47. The van der Waals surface area contributed by atoms with Gasteiger partial charge in [0.05, 0.1) is 12.7 Å². The maximum absolute atomic E-state index is 9.47. The van der Waals surface area contributed by atoms with Gasteiger partial charge in [-0.25, -0.2) is 0 Å². The lowest BCUT2D eigenvalue weighted by Gasteiger charge is -2.36. The van der Waals surface area contributed by atoms with E-state index in [9.17, 15) is 5.11 Å². The van der Waals surface area contributed by atoms with Crippen LogP contribution in [-0.4, -0.2) is 22.9 Å². The average molecular weight is 144 g/mol. The van der Waals surface area contributed by atoms with Gasteiger partial charge in [0, 0.05) is 5.41 Å². The summed E-state index contributed by atoms with van der Waals surface area (Å²) in [4.78, 5) is 0. The zero-order valence-electron chi connectivity index (χ0n) is 6.51. The summed E-state index contributed by atoms with van der Waals surface area (Å²) in [5.74, 6) is 0. The molecule has 0 spiro atoms. The molecule has 2 N–H and O–H groups in total. The van der Waals surface area contributed by atoms with Crippen LogP contribution in [0.15, 0.2) is 0 Å². The third kappa shape index (κ3) is 1.32. The molecule has 0 unspecified atom stereocenters. The van der Waals surface area contributed by atoms with E-state index in [2.05, 4.69) is 0 Å². The first-order valence-electron chi connectivity index (χ1n) is 3.98. The molecule has 1 aliphatic rings. The van der Waals surface area contributed by atoms with Gasteiger partial charge in [-0.05, 0) is 12.8 Å². The fourth-order valence-corrected chi connectivity index (χ4v) is 1.57. The molecule has 2 heteroatoms. The predicted molar refractivity (Wildman–Crippen MR) is 39.7 cm³/mol. The Morgan fingerprint density at radius 1 is 1.50 bits per heavy atom. The normalized spacial score (nSPS) is 41.7. The van der Waals surface area contributed by atoms with Crippen molar-refractivity contribution >= 4 is 0 Å². The molecule has 0 amide bonds. The lowest BCUT2D eigenvalue weighted by atomic mass is 9.74. The molecule has 0 aromatic heterocycles. The van der Waals surface area contributed by atoms with E-state index >= 15 is 0 Å². The van der Waals surface area contributed by atoms with Gasteiger partial charge < -0.3 is 10.2 Å². The van der Waals surface area contributed by atoms with Crippen molar-refractivity contribution in [2.24, 2.45) is 5.41 Å². The molecule has 0 aromatic carbocycles. The van der Waals surface area contributed by atoms with E-state index in [0.29, 0.717) is 0 Å². The summed E-state index contributed by atoms with van der Waals surface area (Å²) in [5.41, 5.74) is -0.210. The highest BCUT2D eigenvalue weighted by Crippen LogP contribution is 2.35. The SMILES string of the molecule is C[C@]1(CO)CCCC[C@@H]1O. The number of hydrogen-bond acceptors (Lipinski definition) is 2. The first-order valence-corrected chi connectivity index (χ1v) is 3.98. The van der Waals surface area contributed by atoms with Gasteiger partial charge in [-0.15, -0.1) is 0 Å². The van der Waals surface area contributed by atoms with Crippen LogP contribution in [0.25, 0.3) is 0 Å². The molecule has 2 nitrogen and oxygen atoms in total. The zero-order chi connectivity index (χ0) is 7.61. The van der Waals surface area contributed by atoms with Gasteiger partial charge in [0.25, 0.3) is 0 Å². The Bertz CT molecular complexity index is 114. The van der Waals surface area contributed by atoms with Crippen LogP contribution >= 0.6 is 0 Å². The minimum absolute atomic E-state index is 0.119. The first kappa shape index (κ1) is 8.02. The largest absolute Gasteiger partial charge is 0.396 e. The highest BCUT2D eigenvalue weighted by atomic mass is 16.3. The highest BCUT2D eigenvalue weighted by molar-refractivity contribution is 4.85. The van der Waals surface area contributed by atoms with Gasteiger partial charge in [0.15, 0.2) is 0 Å². The van der Waals surface area contributed by atoms with Crippen molar-refractivity contribution in [1.82, 2.24) is 0 Å². The first-order chi connectivity index (χ1) is 4.69. The van der Waals surface area contributed by atoms with Crippen molar-refractivity contribution in [3.8, 4) is 0 Å². The number of rotatable bonds is 1. The number of hydrogen-bond donors (Lipinski definition) is 2. The highest BCUT2D eigenvalue weighted by Gasteiger charge is 2.34. The van der Waals surface area contributed by atoms with Crippen LogP contribution in [0.5, 0.6) is 0 Å². The molecule has 0 saturated heterocycles. The fraction of sp³-hybridized carbons (Fsp3) is 1.00. The number of aliphatic hydroxyl groups excluding tert-OH is 2. The summed E-state index contributed by atoms with van der Waals surface area (Å²) in [5, 5.41) is 18.4. The molecule has 1 rings (SSSR count). The van der Waals surface area contributed by atoms with Gasteiger partial charge in [-0.2, -0.15) is 0 Å². The molecule has 0 radical (unpaired) electrons. The third-order valence-corrected chi connectivity index (χ3v) is 2.64. The minimum atomic E-state index is -0.286. The van der Waals surface area contributed by atoms with Crippen molar-refractivity contribution in [3.63, 3.8) is 0 Å². The molecule has 60 valence electrons. The molecule has 0 heterocycles. The van der Waals surface area contributed by atoms with Crippen LogP contribution in [0.3, 0.4) is 0 Å². The van der Waals surface area contributed by atoms with Crippen LogP contribution < -0.4 is 0 Å². The van der Waals surface area contributed by atoms with E-state index in [4.69, 9.17) is 5.11 Å². The molecule has 0 bridgehead atoms. The maximum Gasteiger partial charge on any atom is 0.0615 e. The molecule has 2 atom stereocenters. The minimum Gasteiger partial charge on any atom is -0.396 e. The summed E-state index contributed by atoms with van der Waals surface area (Å²) >= 11 is 0. The monoisotopic (exact) mass is 144 g/mol. The van der Waals surface area contributed by atoms with Crippen molar-refractivity contribution in [3.05, 3.63) is 0 Å². The molecular formula is C8H16O2. The molecule has 1 fully saturated rings. The Hall–Kier alpha value is -0.0800. The van der Waals surface area contributed by atoms with E-state index in [-0.39, 0.29) is 18.1 Å². The van der Waals surface area contributed by atoms with E-state index < -0.39 is 0 Å². The second-order valence-corrected chi connectivity index (χ2v) is 3.57. The Labute approximate surface area is 61.9 Å². The van der Waals surface area contributed by atoms with Crippen LogP contribution in [0, 0.1) is 5.41 Å². The van der Waals surface area contributed by atoms with Gasteiger partial charge in [0.2, 0.25) is 0 Å². The Kier molecular flexibility index (Phi) is 2.32. The van der Waals surface area contributed by atoms with E-state index in [1.807, 2.05) is 6.92 Å². The second kappa shape index (κ2) is 2.89. The van der Waals surface area contributed by atoms with Crippen LogP contribution in [0.4, 0.5) is 0 Å². The summed E-state index contributed by atoms with van der Waals surface area (Å²) < 4.78 is 0. The van der Waals surface area contributed by atoms with Gasteiger partial charge in [-0.3, -0.25) is 0 Å². The second-order valence-electron chi connectivity index (χ2n) is 3.57. The van der Waals surface area contributed by atoms with Crippen molar-refractivity contribution < 1.29 is 10.2 Å². The lowest BCUT2D eigenvalue weighted by molar-refractivity contribution is -0.0348. The van der Waals surface area contributed by atoms with Crippen molar-refractivity contribution in [1.29, 1.82) is 0 Å². The van der Waals surface area contributed by atoms with Gasteiger partial charge in [0.1, 0.15) is 0 Å². The third-order valence-electron chi connectivity index (χ3n) is 2.64. The molecular weight excluding hydrogens is 128 g/mol. The van der Waals surface area contributed by atoms with Crippen molar-refractivity contribution in [2.75, 3.05) is 6.61 Å². The quantitative estimate of drug-likeness (QED) is 0.574. The van der Waals surface area contributed by atoms with Crippen LogP contribution in [0.2, 0.25) is 0 Å². The summed E-state index contributed by atoms with van der Waals surface area (Å²) in [7, 11) is 0. The summed E-state index contributed by atoms with van der Waals surface area (Å²) in [6.07, 6.45) is 3.79. The van der Waals surface area contributed by atoms with Gasteiger partial charge >= 0.3 is 0 Å². The van der Waals surface area contributed by atoms with E-state index in [1.54, 1.807) is 0 Å². The average Bonchev–Trinajstić information content (AvgIpc) is 1.96. The van der Waals surface area contributed by atoms with Gasteiger partial charge in [-0.1, -0.05) is 19.8 Å². The van der Waals surface area contributed by atoms with E-state index in [0.717, 1.165) is 25.7 Å². The summed E-state index contributed by atoms with van der Waals surface area (Å²) in [6.45, 7) is 2.07. The zero-order valence-corrected chi connectivity index (χ0v) is 6.51. The topological polar surface area (TPSA) is 40.5 Å². The Morgan fingerprint density at radius 3 is 2.60 bits per heavy atom. The fourth-order valence-electron chi connectivity index (χ4n) is 1.57. The van der Waals surface area contributed by atoms with Crippen molar-refractivity contribution in [2.45, 2.75) is 38.7 Å². The Morgan fingerprint density at radius 2 is 2.20 bits per heavy atom. The van der Waals surface area contributed by atoms with Crippen LogP contribution in [-0.2, 0) is 0 Å². The molecule has 1 saturated carbocycles. The number of aliphatic hydroxyl groups is 2. The molecule has 0 aromatic rings. The predicted octanol–water partition coefficient (Wildman–Crippen LogP) is 0.920.